The van der Waals surface area contributed by atoms with Gasteiger partial charge in [0.15, 0.2) is 5.82 Å². The van der Waals surface area contributed by atoms with E-state index in [0.29, 0.717) is 12.4 Å². The van der Waals surface area contributed by atoms with Crippen molar-refractivity contribution < 1.29 is 4.79 Å². The van der Waals surface area contributed by atoms with Crippen molar-refractivity contribution in [2.75, 3.05) is 7.05 Å². The Hall–Kier alpha value is -3.03. The number of aromatic nitrogens is 6. The van der Waals surface area contributed by atoms with Gasteiger partial charge in [-0.3, -0.25) is 4.79 Å². The molecule has 0 saturated heterocycles. The lowest BCUT2D eigenvalue weighted by Gasteiger charge is -2.22. The monoisotopic (exact) mass is 351 g/mol. The molecular formula is C18H21N7O. The SMILES string of the molecule is CN(Cc1ccc(-n2cccn2)cc1)C(=O)[C@H]1CCCCn2nnnc21. The molecule has 0 saturated carbocycles. The third kappa shape index (κ3) is 3.22. The van der Waals surface area contributed by atoms with Crippen molar-refractivity contribution in [3.63, 3.8) is 0 Å². The largest absolute Gasteiger partial charge is 0.341 e. The van der Waals surface area contributed by atoms with E-state index in [1.165, 1.54) is 0 Å². The van der Waals surface area contributed by atoms with Gasteiger partial charge >= 0.3 is 0 Å². The molecule has 4 rings (SSSR count). The fourth-order valence-corrected chi connectivity index (χ4v) is 3.39. The van der Waals surface area contributed by atoms with Crippen LogP contribution >= 0.6 is 0 Å². The Morgan fingerprint density at radius 3 is 2.88 bits per heavy atom. The standard InChI is InChI=1S/C18H21N7O/c1-23(13-14-6-8-15(9-7-14)24-12-4-10-19-24)18(26)16-5-2-3-11-25-17(16)20-21-22-25/h4,6-10,12,16H,2-3,5,11,13H2,1H3/t16-/m0/s1. The molecule has 0 N–H and O–H groups in total. The van der Waals surface area contributed by atoms with E-state index in [1.54, 1.807) is 15.8 Å². The Morgan fingerprint density at radius 1 is 1.27 bits per heavy atom. The second kappa shape index (κ2) is 7.07. The first-order valence-electron chi connectivity index (χ1n) is 8.82. The molecule has 134 valence electrons. The van der Waals surface area contributed by atoms with Crippen molar-refractivity contribution in [3.8, 4) is 5.69 Å². The van der Waals surface area contributed by atoms with Crippen molar-refractivity contribution in [1.82, 2.24) is 34.9 Å². The van der Waals surface area contributed by atoms with Gasteiger partial charge in [-0.1, -0.05) is 18.6 Å². The van der Waals surface area contributed by atoms with Crippen LogP contribution in [0, 0.1) is 0 Å². The van der Waals surface area contributed by atoms with E-state index in [2.05, 4.69) is 20.6 Å². The number of amides is 1. The third-order valence-electron chi connectivity index (χ3n) is 4.78. The van der Waals surface area contributed by atoms with Gasteiger partial charge in [0.2, 0.25) is 5.91 Å². The van der Waals surface area contributed by atoms with Gasteiger partial charge in [-0.15, -0.1) is 5.10 Å². The zero-order valence-electron chi connectivity index (χ0n) is 14.7. The predicted octanol–water partition coefficient (Wildman–Crippen LogP) is 1.78. The van der Waals surface area contributed by atoms with Crippen molar-refractivity contribution in [3.05, 3.63) is 54.1 Å². The van der Waals surface area contributed by atoms with Gasteiger partial charge in [0, 0.05) is 32.5 Å². The molecule has 3 aromatic rings. The molecule has 1 aliphatic heterocycles. The van der Waals surface area contributed by atoms with Crippen LogP contribution in [0.5, 0.6) is 0 Å². The van der Waals surface area contributed by atoms with Crippen LogP contribution in [-0.2, 0) is 17.9 Å². The summed E-state index contributed by atoms with van der Waals surface area (Å²) in [4.78, 5) is 14.7. The van der Waals surface area contributed by atoms with Gasteiger partial charge in [-0.2, -0.15) is 5.10 Å². The summed E-state index contributed by atoms with van der Waals surface area (Å²) in [5, 5.41) is 16.1. The summed E-state index contributed by atoms with van der Waals surface area (Å²) in [6.45, 7) is 1.33. The average Bonchev–Trinajstić information content (AvgIpc) is 3.31. The average molecular weight is 351 g/mol. The minimum atomic E-state index is -0.263. The first-order chi connectivity index (χ1) is 12.7. The summed E-state index contributed by atoms with van der Waals surface area (Å²) >= 11 is 0. The van der Waals surface area contributed by atoms with Crippen LogP contribution in [0.3, 0.4) is 0 Å². The van der Waals surface area contributed by atoms with Gasteiger partial charge in [-0.25, -0.2) is 9.36 Å². The highest BCUT2D eigenvalue weighted by Crippen LogP contribution is 2.26. The lowest BCUT2D eigenvalue weighted by Crippen LogP contribution is -2.32. The van der Waals surface area contributed by atoms with E-state index in [9.17, 15) is 4.79 Å². The Balaban J connectivity index is 1.46. The zero-order chi connectivity index (χ0) is 17.9. The highest BCUT2D eigenvalue weighted by molar-refractivity contribution is 5.82. The van der Waals surface area contributed by atoms with Gasteiger partial charge in [0.25, 0.3) is 0 Å². The molecule has 0 fully saturated rings. The fraction of sp³-hybridized carbons (Fsp3) is 0.389. The van der Waals surface area contributed by atoms with Gasteiger partial charge in [0.1, 0.15) is 0 Å². The van der Waals surface area contributed by atoms with Crippen LogP contribution in [-0.4, -0.2) is 47.8 Å². The summed E-state index contributed by atoms with van der Waals surface area (Å²) in [6, 6.07) is 9.95. The maximum atomic E-state index is 13.0. The number of carbonyl (C=O) groups excluding carboxylic acids is 1. The molecule has 2 aromatic heterocycles. The van der Waals surface area contributed by atoms with E-state index in [4.69, 9.17) is 0 Å². The first-order valence-corrected chi connectivity index (χ1v) is 8.82. The van der Waals surface area contributed by atoms with Crippen LogP contribution in [0.4, 0.5) is 0 Å². The molecule has 0 unspecified atom stereocenters. The molecule has 0 bridgehead atoms. The number of hydrogen-bond acceptors (Lipinski definition) is 5. The van der Waals surface area contributed by atoms with E-state index < -0.39 is 0 Å². The summed E-state index contributed by atoms with van der Waals surface area (Å²) in [5.41, 5.74) is 2.07. The van der Waals surface area contributed by atoms with E-state index >= 15 is 0 Å². The Bertz CT molecular complexity index is 869. The lowest BCUT2D eigenvalue weighted by atomic mass is 10.0. The maximum absolute atomic E-state index is 13.0. The zero-order valence-corrected chi connectivity index (χ0v) is 14.7. The molecule has 1 aliphatic rings. The smallest absolute Gasteiger partial charge is 0.233 e. The van der Waals surface area contributed by atoms with E-state index in [0.717, 1.165) is 37.1 Å². The van der Waals surface area contributed by atoms with Crippen LogP contribution in [0.1, 0.15) is 36.6 Å². The van der Waals surface area contributed by atoms with Crippen LogP contribution in [0.15, 0.2) is 42.7 Å². The summed E-state index contributed by atoms with van der Waals surface area (Å²) in [5.74, 6) is 0.494. The molecule has 0 radical (unpaired) electrons. The normalized spacial score (nSPS) is 16.7. The predicted molar refractivity (Wildman–Crippen MR) is 94.4 cm³/mol. The summed E-state index contributed by atoms with van der Waals surface area (Å²) in [6.07, 6.45) is 6.44. The van der Waals surface area contributed by atoms with Crippen LogP contribution in [0.25, 0.3) is 5.69 Å². The number of hydrogen-bond donors (Lipinski definition) is 0. The number of likely N-dealkylation sites (N-methyl/N-ethyl adjacent to an activating group) is 1. The second-order valence-electron chi connectivity index (χ2n) is 6.62. The highest BCUT2D eigenvalue weighted by atomic mass is 16.2. The van der Waals surface area contributed by atoms with E-state index in [1.807, 2.05) is 48.3 Å². The molecule has 26 heavy (non-hydrogen) atoms. The molecule has 1 amide bonds. The van der Waals surface area contributed by atoms with Crippen molar-refractivity contribution in [2.45, 2.75) is 38.3 Å². The number of tetrazole rings is 1. The minimum Gasteiger partial charge on any atom is -0.341 e. The van der Waals surface area contributed by atoms with Crippen LogP contribution in [0.2, 0.25) is 0 Å². The number of rotatable bonds is 4. The number of benzene rings is 1. The Labute approximate surface area is 151 Å². The first kappa shape index (κ1) is 16.4. The summed E-state index contributed by atoms with van der Waals surface area (Å²) in [7, 11) is 1.84. The highest BCUT2D eigenvalue weighted by Gasteiger charge is 2.30. The lowest BCUT2D eigenvalue weighted by molar-refractivity contribution is -0.132. The quantitative estimate of drug-likeness (QED) is 0.716. The molecule has 3 heterocycles. The molecule has 8 heteroatoms. The van der Waals surface area contributed by atoms with Crippen molar-refractivity contribution in [1.29, 1.82) is 0 Å². The van der Waals surface area contributed by atoms with E-state index in [-0.39, 0.29) is 11.8 Å². The summed E-state index contributed by atoms with van der Waals surface area (Å²) < 4.78 is 3.58. The number of fused-ring (bicyclic) bond motifs is 1. The topological polar surface area (TPSA) is 81.7 Å². The number of aryl methyl sites for hydroxylation is 1. The molecule has 8 nitrogen and oxygen atoms in total. The van der Waals surface area contributed by atoms with Gasteiger partial charge in [-0.05, 0) is 47.0 Å². The van der Waals surface area contributed by atoms with Crippen molar-refractivity contribution in [2.24, 2.45) is 0 Å². The minimum absolute atomic E-state index is 0.0686. The number of carbonyl (C=O) groups is 1. The van der Waals surface area contributed by atoms with Gasteiger partial charge < -0.3 is 4.90 Å². The Kier molecular flexibility index (Phi) is 4.47. The van der Waals surface area contributed by atoms with Crippen LogP contribution < -0.4 is 0 Å². The molecular weight excluding hydrogens is 330 g/mol. The number of nitrogens with zero attached hydrogens (tertiary/aromatic N) is 7. The Morgan fingerprint density at radius 2 is 2.12 bits per heavy atom. The van der Waals surface area contributed by atoms with Crippen molar-refractivity contribution >= 4 is 5.91 Å². The molecule has 0 aliphatic carbocycles. The third-order valence-corrected chi connectivity index (χ3v) is 4.78. The van der Waals surface area contributed by atoms with Gasteiger partial charge in [0.05, 0.1) is 11.6 Å². The maximum Gasteiger partial charge on any atom is 0.233 e. The molecule has 1 atom stereocenters. The molecule has 1 aromatic carbocycles. The molecule has 0 spiro atoms. The second-order valence-corrected chi connectivity index (χ2v) is 6.62. The fourth-order valence-electron chi connectivity index (χ4n) is 3.39.